The molecule has 0 atom stereocenters. The second kappa shape index (κ2) is 5.25. The average Bonchev–Trinajstić information content (AvgIpc) is 2.51. The van der Waals surface area contributed by atoms with Gasteiger partial charge in [-0.1, -0.05) is 11.6 Å². The zero-order valence-corrected chi connectivity index (χ0v) is 9.04. The van der Waals surface area contributed by atoms with Crippen LogP contribution in [0.1, 0.15) is 17.7 Å². The van der Waals surface area contributed by atoms with Crippen molar-refractivity contribution in [1.82, 2.24) is 0 Å². The number of rotatable bonds is 4. The molecule has 13 heavy (non-hydrogen) atoms. The Bertz CT molecular complexity index is 285. The van der Waals surface area contributed by atoms with Gasteiger partial charge in [0, 0.05) is 11.3 Å². The first-order valence-electron chi connectivity index (χ1n) is 4.08. The van der Waals surface area contributed by atoms with Gasteiger partial charge in [0.2, 0.25) is 0 Å². The van der Waals surface area contributed by atoms with Crippen LogP contribution in [0.25, 0.3) is 0 Å². The van der Waals surface area contributed by atoms with Crippen LogP contribution in [0.5, 0.6) is 0 Å². The van der Waals surface area contributed by atoms with Crippen LogP contribution in [-0.4, -0.2) is 13.0 Å². The van der Waals surface area contributed by atoms with E-state index in [1.54, 1.807) is 11.3 Å². The second-order valence-electron chi connectivity index (χ2n) is 2.69. The lowest BCUT2D eigenvalue weighted by Crippen LogP contribution is -1.98. The Hall–Kier alpha value is -0.540. The molecular formula is C9H12ClNOS. The van der Waals surface area contributed by atoms with Crippen LogP contribution in [0, 0.1) is 5.41 Å². The molecule has 0 aliphatic rings. The maximum absolute atomic E-state index is 7.26. The minimum absolute atomic E-state index is 0.350. The molecule has 0 saturated carbocycles. The monoisotopic (exact) mass is 217 g/mol. The summed E-state index contributed by atoms with van der Waals surface area (Å²) in [6.45, 7) is 0. The second-order valence-corrected chi connectivity index (χ2v) is 4.49. The van der Waals surface area contributed by atoms with Crippen molar-refractivity contribution in [3.05, 3.63) is 21.3 Å². The third-order valence-corrected chi connectivity index (χ3v) is 2.99. The van der Waals surface area contributed by atoms with Gasteiger partial charge in [0.15, 0.2) is 5.90 Å². The van der Waals surface area contributed by atoms with E-state index in [4.69, 9.17) is 21.7 Å². The lowest BCUT2D eigenvalue weighted by atomic mass is 10.2. The Morgan fingerprint density at radius 2 is 2.38 bits per heavy atom. The molecule has 0 amide bonds. The average molecular weight is 218 g/mol. The van der Waals surface area contributed by atoms with Gasteiger partial charge in [-0.2, -0.15) is 0 Å². The van der Waals surface area contributed by atoms with Crippen LogP contribution in [-0.2, 0) is 11.2 Å². The zero-order chi connectivity index (χ0) is 9.68. The molecule has 1 aromatic rings. The summed E-state index contributed by atoms with van der Waals surface area (Å²) >= 11 is 7.38. The van der Waals surface area contributed by atoms with Gasteiger partial charge in [0.25, 0.3) is 0 Å². The number of nitrogens with one attached hydrogen (secondary N) is 1. The predicted molar refractivity (Wildman–Crippen MR) is 57.0 cm³/mol. The van der Waals surface area contributed by atoms with E-state index in [9.17, 15) is 0 Å². The fraction of sp³-hybridized carbons (Fsp3) is 0.444. The predicted octanol–water partition coefficient (Wildman–Crippen LogP) is 3.35. The normalized spacial score (nSPS) is 10.0. The Morgan fingerprint density at radius 3 is 2.92 bits per heavy atom. The number of thiophene rings is 1. The van der Waals surface area contributed by atoms with Crippen molar-refractivity contribution in [2.24, 2.45) is 0 Å². The van der Waals surface area contributed by atoms with E-state index < -0.39 is 0 Å². The van der Waals surface area contributed by atoms with Gasteiger partial charge >= 0.3 is 0 Å². The highest BCUT2D eigenvalue weighted by atomic mass is 35.5. The van der Waals surface area contributed by atoms with E-state index in [0.29, 0.717) is 12.3 Å². The summed E-state index contributed by atoms with van der Waals surface area (Å²) in [5.41, 5.74) is 0. The first-order valence-corrected chi connectivity index (χ1v) is 5.27. The van der Waals surface area contributed by atoms with Crippen molar-refractivity contribution in [2.45, 2.75) is 19.3 Å². The minimum atomic E-state index is 0.350. The highest BCUT2D eigenvalue weighted by Crippen LogP contribution is 2.22. The molecule has 0 fully saturated rings. The molecule has 72 valence electrons. The van der Waals surface area contributed by atoms with Gasteiger partial charge in [0.1, 0.15) is 0 Å². The molecule has 0 saturated heterocycles. The molecule has 0 bridgehead atoms. The molecule has 4 heteroatoms. The summed E-state index contributed by atoms with van der Waals surface area (Å²) in [4.78, 5) is 1.27. The lowest BCUT2D eigenvalue weighted by molar-refractivity contribution is 0.384. The zero-order valence-electron chi connectivity index (χ0n) is 7.47. The van der Waals surface area contributed by atoms with E-state index in [0.717, 1.165) is 17.2 Å². The quantitative estimate of drug-likeness (QED) is 0.609. The molecule has 0 unspecified atom stereocenters. The van der Waals surface area contributed by atoms with Crippen LogP contribution < -0.4 is 0 Å². The molecule has 0 aromatic carbocycles. The maximum Gasteiger partial charge on any atom is 0.180 e. The largest absolute Gasteiger partial charge is 0.484 e. The highest BCUT2D eigenvalue weighted by molar-refractivity contribution is 7.16. The first-order chi connectivity index (χ1) is 6.22. The van der Waals surface area contributed by atoms with Crippen molar-refractivity contribution >= 4 is 28.8 Å². The van der Waals surface area contributed by atoms with Gasteiger partial charge in [0.05, 0.1) is 11.4 Å². The van der Waals surface area contributed by atoms with Gasteiger partial charge in [-0.15, -0.1) is 11.3 Å². The van der Waals surface area contributed by atoms with Crippen LogP contribution in [0.2, 0.25) is 4.34 Å². The molecular weight excluding hydrogens is 206 g/mol. The summed E-state index contributed by atoms with van der Waals surface area (Å²) in [6, 6.07) is 3.94. The summed E-state index contributed by atoms with van der Waals surface area (Å²) in [5.74, 6) is 0.350. The molecule has 1 N–H and O–H groups in total. The summed E-state index contributed by atoms with van der Waals surface area (Å²) in [7, 11) is 1.53. The minimum Gasteiger partial charge on any atom is -0.484 e. The van der Waals surface area contributed by atoms with Crippen LogP contribution >= 0.6 is 22.9 Å². The Balaban J connectivity index is 2.24. The number of hydrogen-bond donors (Lipinski definition) is 1. The number of ether oxygens (including phenoxy) is 1. The third kappa shape index (κ3) is 3.79. The molecule has 0 aliphatic carbocycles. The SMILES string of the molecule is COC(=N)CCCc1ccc(Cl)s1. The molecule has 1 rings (SSSR count). The van der Waals surface area contributed by atoms with Gasteiger partial charge in [-0.25, -0.2) is 0 Å². The Morgan fingerprint density at radius 1 is 1.62 bits per heavy atom. The first kappa shape index (κ1) is 10.5. The van der Waals surface area contributed by atoms with Gasteiger partial charge < -0.3 is 4.74 Å². The number of aryl methyl sites for hydroxylation is 1. The third-order valence-electron chi connectivity index (χ3n) is 1.70. The smallest absolute Gasteiger partial charge is 0.180 e. The van der Waals surface area contributed by atoms with Crippen LogP contribution in [0.3, 0.4) is 0 Å². The summed E-state index contributed by atoms with van der Waals surface area (Å²) in [5, 5.41) is 7.26. The number of hydrogen-bond acceptors (Lipinski definition) is 3. The number of methoxy groups -OCH3 is 1. The Labute approximate surface area is 87.0 Å². The molecule has 0 spiro atoms. The number of halogens is 1. The van der Waals surface area contributed by atoms with Crippen molar-refractivity contribution in [3.63, 3.8) is 0 Å². The topological polar surface area (TPSA) is 33.1 Å². The van der Waals surface area contributed by atoms with E-state index >= 15 is 0 Å². The van der Waals surface area contributed by atoms with E-state index in [1.807, 2.05) is 12.1 Å². The maximum atomic E-state index is 7.26. The van der Waals surface area contributed by atoms with Crippen LogP contribution in [0.4, 0.5) is 0 Å². The van der Waals surface area contributed by atoms with Crippen molar-refractivity contribution < 1.29 is 4.74 Å². The van der Waals surface area contributed by atoms with Crippen molar-refractivity contribution in [1.29, 1.82) is 5.41 Å². The van der Waals surface area contributed by atoms with Gasteiger partial charge in [-0.3, -0.25) is 5.41 Å². The van der Waals surface area contributed by atoms with E-state index in [2.05, 4.69) is 0 Å². The fourth-order valence-electron chi connectivity index (χ4n) is 1.01. The Kier molecular flexibility index (Phi) is 4.25. The van der Waals surface area contributed by atoms with E-state index in [-0.39, 0.29) is 0 Å². The molecule has 0 radical (unpaired) electrons. The fourth-order valence-corrected chi connectivity index (χ4v) is 2.14. The van der Waals surface area contributed by atoms with Crippen molar-refractivity contribution in [2.75, 3.05) is 7.11 Å². The molecule has 1 heterocycles. The van der Waals surface area contributed by atoms with E-state index in [1.165, 1.54) is 12.0 Å². The summed E-state index contributed by atoms with van der Waals surface area (Å²) in [6.07, 6.45) is 2.62. The highest BCUT2D eigenvalue weighted by Gasteiger charge is 1.99. The molecule has 0 aliphatic heterocycles. The van der Waals surface area contributed by atoms with Crippen LogP contribution in [0.15, 0.2) is 12.1 Å². The molecule has 2 nitrogen and oxygen atoms in total. The summed E-state index contributed by atoms with van der Waals surface area (Å²) < 4.78 is 5.58. The molecule has 1 aromatic heterocycles. The van der Waals surface area contributed by atoms with Crippen molar-refractivity contribution in [3.8, 4) is 0 Å². The standard InChI is InChI=1S/C9H12ClNOS/c1-12-9(11)4-2-3-7-5-6-8(10)13-7/h5-6,11H,2-4H2,1H3. The lowest BCUT2D eigenvalue weighted by Gasteiger charge is -2.00. The van der Waals surface area contributed by atoms with Gasteiger partial charge in [-0.05, 0) is 25.0 Å².